The van der Waals surface area contributed by atoms with Crippen LogP contribution in [-0.4, -0.2) is 5.11 Å². The fourth-order valence-electron chi connectivity index (χ4n) is 1.71. The fraction of sp³-hybridized carbons (Fsp3) is 0.143. The summed E-state index contributed by atoms with van der Waals surface area (Å²) in [4.78, 5) is 0. The van der Waals surface area contributed by atoms with Crippen LogP contribution < -0.4 is 0 Å². The lowest BCUT2D eigenvalue weighted by Gasteiger charge is -2.05. The number of fused-ring (bicyclic) bond motifs is 1. The van der Waals surface area contributed by atoms with Crippen molar-refractivity contribution in [1.82, 2.24) is 0 Å². The lowest BCUT2D eigenvalue weighted by molar-refractivity contribution is 0.476. The molecule has 0 unspecified atom stereocenters. The molecular weight excluding hydrogens is 184 g/mol. The zero-order valence-electron chi connectivity index (χ0n) is 8.77. The number of allylic oxidation sites excluding steroid dienone is 2. The molecule has 2 aromatic rings. The Labute approximate surface area is 89.7 Å². The van der Waals surface area contributed by atoms with Gasteiger partial charge in [-0.05, 0) is 24.3 Å². The smallest absolute Gasteiger partial charge is 0.126 e. The van der Waals surface area contributed by atoms with Gasteiger partial charge in [0.25, 0.3) is 0 Å². The van der Waals surface area contributed by atoms with Gasteiger partial charge in [-0.2, -0.15) is 0 Å². The Bertz CT molecular complexity index is 498. The lowest BCUT2D eigenvalue weighted by atomic mass is 10.0. The highest BCUT2D eigenvalue weighted by atomic mass is 16.3. The van der Waals surface area contributed by atoms with Gasteiger partial charge in [-0.15, -0.1) is 0 Å². The average molecular weight is 198 g/mol. The summed E-state index contributed by atoms with van der Waals surface area (Å²) in [6.45, 7) is 1.98. The molecular formula is C14H14O. The highest BCUT2D eigenvalue weighted by Gasteiger charge is 2.03. The number of phenolic OH excluding ortho intramolecular Hbond substituents is 1. The van der Waals surface area contributed by atoms with Gasteiger partial charge >= 0.3 is 0 Å². The summed E-state index contributed by atoms with van der Waals surface area (Å²) in [5.74, 6) is 0.409. The minimum Gasteiger partial charge on any atom is -0.507 e. The van der Waals surface area contributed by atoms with Crippen LogP contribution >= 0.6 is 0 Å². The van der Waals surface area contributed by atoms with Crippen molar-refractivity contribution in [2.45, 2.75) is 13.3 Å². The van der Waals surface area contributed by atoms with E-state index in [1.807, 2.05) is 55.5 Å². The monoisotopic (exact) mass is 198 g/mol. The molecule has 0 aliphatic carbocycles. The number of phenols is 1. The van der Waals surface area contributed by atoms with Crippen molar-refractivity contribution < 1.29 is 5.11 Å². The molecule has 1 nitrogen and oxygen atoms in total. The number of aromatic hydroxyl groups is 1. The van der Waals surface area contributed by atoms with Crippen molar-refractivity contribution in [3.05, 3.63) is 54.1 Å². The molecule has 2 rings (SSSR count). The highest BCUT2D eigenvalue weighted by Crippen LogP contribution is 2.28. The number of benzene rings is 2. The van der Waals surface area contributed by atoms with Gasteiger partial charge in [0.05, 0.1) is 0 Å². The molecule has 15 heavy (non-hydrogen) atoms. The van der Waals surface area contributed by atoms with E-state index in [9.17, 15) is 5.11 Å². The average Bonchev–Trinajstić information content (AvgIpc) is 2.29. The third-order valence-electron chi connectivity index (χ3n) is 2.56. The number of rotatable bonds is 2. The summed E-state index contributed by atoms with van der Waals surface area (Å²) in [7, 11) is 0. The molecule has 2 aromatic carbocycles. The molecule has 0 saturated heterocycles. The molecule has 1 N–H and O–H groups in total. The Balaban J connectivity index is 2.55. The van der Waals surface area contributed by atoms with E-state index < -0.39 is 0 Å². The molecule has 0 spiro atoms. The van der Waals surface area contributed by atoms with Crippen molar-refractivity contribution in [1.29, 1.82) is 0 Å². The van der Waals surface area contributed by atoms with E-state index >= 15 is 0 Å². The Morgan fingerprint density at radius 2 is 1.93 bits per heavy atom. The van der Waals surface area contributed by atoms with Crippen LogP contribution in [0.2, 0.25) is 0 Å². The van der Waals surface area contributed by atoms with Gasteiger partial charge in [0.1, 0.15) is 5.75 Å². The minimum absolute atomic E-state index is 0.409. The molecule has 0 aromatic heterocycles. The molecule has 0 fully saturated rings. The Hall–Kier alpha value is -1.76. The summed E-state index contributed by atoms with van der Waals surface area (Å²) < 4.78 is 0. The van der Waals surface area contributed by atoms with Crippen LogP contribution in [0.25, 0.3) is 10.8 Å². The van der Waals surface area contributed by atoms with Crippen LogP contribution in [0.4, 0.5) is 0 Å². The van der Waals surface area contributed by atoms with E-state index in [1.54, 1.807) is 0 Å². The first-order valence-corrected chi connectivity index (χ1v) is 5.13. The van der Waals surface area contributed by atoms with Gasteiger partial charge in [0.2, 0.25) is 0 Å². The van der Waals surface area contributed by atoms with E-state index in [0.717, 1.165) is 22.8 Å². The fourth-order valence-corrected chi connectivity index (χ4v) is 1.71. The predicted octanol–water partition coefficient (Wildman–Crippen LogP) is 3.66. The number of hydrogen-bond acceptors (Lipinski definition) is 1. The third-order valence-corrected chi connectivity index (χ3v) is 2.56. The molecule has 0 saturated carbocycles. The molecule has 0 aliphatic rings. The first kappa shape index (κ1) is 9.78. The van der Waals surface area contributed by atoms with Gasteiger partial charge in [-0.1, -0.05) is 48.6 Å². The zero-order chi connectivity index (χ0) is 10.7. The van der Waals surface area contributed by atoms with E-state index in [1.165, 1.54) is 0 Å². The minimum atomic E-state index is 0.409. The Morgan fingerprint density at radius 1 is 1.13 bits per heavy atom. The van der Waals surface area contributed by atoms with Crippen molar-refractivity contribution in [2.75, 3.05) is 0 Å². The van der Waals surface area contributed by atoms with Crippen LogP contribution in [0.1, 0.15) is 12.5 Å². The van der Waals surface area contributed by atoms with Crippen LogP contribution in [0.3, 0.4) is 0 Å². The summed E-state index contributed by atoms with van der Waals surface area (Å²) in [6.07, 6.45) is 4.83. The predicted molar refractivity (Wildman–Crippen MR) is 64.1 cm³/mol. The Morgan fingerprint density at radius 3 is 2.73 bits per heavy atom. The van der Waals surface area contributed by atoms with E-state index in [-0.39, 0.29) is 0 Å². The molecule has 0 amide bonds. The molecule has 1 heteroatoms. The molecule has 0 heterocycles. The van der Waals surface area contributed by atoms with Crippen LogP contribution in [0.15, 0.2) is 48.6 Å². The van der Waals surface area contributed by atoms with Gasteiger partial charge in [0, 0.05) is 5.39 Å². The van der Waals surface area contributed by atoms with Crippen molar-refractivity contribution in [3.63, 3.8) is 0 Å². The van der Waals surface area contributed by atoms with Crippen LogP contribution in [0.5, 0.6) is 5.75 Å². The van der Waals surface area contributed by atoms with Gasteiger partial charge in [0.15, 0.2) is 0 Å². The summed E-state index contributed by atoms with van der Waals surface area (Å²) in [5.41, 5.74) is 0.979. The Kier molecular flexibility index (Phi) is 2.72. The summed E-state index contributed by atoms with van der Waals surface area (Å²) >= 11 is 0. The third kappa shape index (κ3) is 1.86. The van der Waals surface area contributed by atoms with E-state index in [4.69, 9.17) is 0 Å². The maximum absolute atomic E-state index is 10.0. The standard InChI is InChI=1S/C14H14O/c1-2-3-6-12-10-9-11-7-4-5-8-13(11)14(12)15/h2-5,7-10,15H,6H2,1H3/b3-2-. The van der Waals surface area contributed by atoms with Crippen LogP contribution in [0, 0.1) is 0 Å². The zero-order valence-corrected chi connectivity index (χ0v) is 8.77. The molecule has 0 atom stereocenters. The molecule has 76 valence electrons. The van der Waals surface area contributed by atoms with Gasteiger partial charge < -0.3 is 5.11 Å². The van der Waals surface area contributed by atoms with Crippen molar-refractivity contribution in [3.8, 4) is 5.75 Å². The first-order valence-electron chi connectivity index (χ1n) is 5.13. The molecule has 0 aliphatic heterocycles. The van der Waals surface area contributed by atoms with Crippen molar-refractivity contribution in [2.24, 2.45) is 0 Å². The SMILES string of the molecule is C/C=C\Cc1ccc2ccccc2c1O. The quantitative estimate of drug-likeness (QED) is 0.730. The second-order valence-electron chi connectivity index (χ2n) is 3.57. The largest absolute Gasteiger partial charge is 0.507 e. The molecule has 0 radical (unpaired) electrons. The maximum Gasteiger partial charge on any atom is 0.126 e. The lowest BCUT2D eigenvalue weighted by Crippen LogP contribution is -1.84. The van der Waals surface area contributed by atoms with Crippen molar-refractivity contribution >= 4 is 10.8 Å². The van der Waals surface area contributed by atoms with Gasteiger partial charge in [-0.25, -0.2) is 0 Å². The normalized spacial score (nSPS) is 11.3. The van der Waals surface area contributed by atoms with E-state index in [2.05, 4.69) is 0 Å². The topological polar surface area (TPSA) is 20.2 Å². The number of hydrogen-bond donors (Lipinski definition) is 1. The second-order valence-corrected chi connectivity index (χ2v) is 3.57. The summed E-state index contributed by atoms with van der Waals surface area (Å²) in [6, 6.07) is 11.9. The maximum atomic E-state index is 10.0. The van der Waals surface area contributed by atoms with Crippen LogP contribution in [-0.2, 0) is 6.42 Å². The van der Waals surface area contributed by atoms with Gasteiger partial charge in [-0.3, -0.25) is 0 Å². The second kappa shape index (κ2) is 4.18. The highest BCUT2D eigenvalue weighted by molar-refractivity contribution is 5.89. The molecule has 0 bridgehead atoms. The first-order chi connectivity index (χ1) is 7.33. The van der Waals surface area contributed by atoms with E-state index in [0.29, 0.717) is 5.75 Å². The summed E-state index contributed by atoms with van der Waals surface area (Å²) in [5, 5.41) is 12.1.